The van der Waals surface area contributed by atoms with Crippen molar-refractivity contribution in [1.82, 2.24) is 9.80 Å². The van der Waals surface area contributed by atoms with Crippen LogP contribution in [0.3, 0.4) is 0 Å². The zero-order valence-corrected chi connectivity index (χ0v) is 16.9. The third kappa shape index (κ3) is 3.67. The first kappa shape index (κ1) is 19.7. The lowest BCUT2D eigenvalue weighted by Gasteiger charge is -2.25. The smallest absolute Gasteiger partial charge is 0.325 e. The Labute approximate surface area is 160 Å². The summed E-state index contributed by atoms with van der Waals surface area (Å²) in [7, 11) is -3.24. The van der Waals surface area contributed by atoms with Crippen molar-refractivity contribution in [2.45, 2.75) is 39.3 Å². The predicted molar refractivity (Wildman–Crippen MR) is 105 cm³/mol. The van der Waals surface area contributed by atoms with E-state index in [0.29, 0.717) is 18.8 Å². The highest BCUT2D eigenvalue weighted by atomic mass is 32.2. The molecule has 0 aliphatic carbocycles. The second kappa shape index (κ2) is 7.50. The van der Waals surface area contributed by atoms with Crippen molar-refractivity contribution in [3.8, 4) is 0 Å². The lowest BCUT2D eigenvalue weighted by molar-refractivity contribution is -0.131. The number of urea groups is 1. The van der Waals surface area contributed by atoms with Gasteiger partial charge in [0.15, 0.2) is 9.84 Å². The maximum Gasteiger partial charge on any atom is 0.325 e. The van der Waals surface area contributed by atoms with Gasteiger partial charge in [-0.05, 0) is 38.0 Å². The fraction of sp³-hybridized carbons (Fsp3) is 0.579. The fourth-order valence-corrected chi connectivity index (χ4v) is 5.93. The van der Waals surface area contributed by atoms with Crippen LogP contribution < -0.4 is 4.90 Å². The Morgan fingerprint density at radius 2 is 1.67 bits per heavy atom. The number of nitrogens with zero attached hydrogens (tertiary/aromatic N) is 3. The highest BCUT2D eigenvalue weighted by Crippen LogP contribution is 2.35. The quantitative estimate of drug-likeness (QED) is 0.687. The largest absolute Gasteiger partial charge is 0.342 e. The Kier molecular flexibility index (Phi) is 5.46. The average molecular weight is 394 g/mol. The SMILES string of the molecule is CCc1ccc(N2C(=O)N(CC(=O)N(CC)CC)C3CS(=O)(=O)CC32)cc1. The van der Waals surface area contributed by atoms with E-state index in [9.17, 15) is 18.0 Å². The molecule has 0 bridgehead atoms. The summed E-state index contributed by atoms with van der Waals surface area (Å²) < 4.78 is 24.5. The van der Waals surface area contributed by atoms with Gasteiger partial charge in [-0.25, -0.2) is 13.2 Å². The van der Waals surface area contributed by atoms with Crippen molar-refractivity contribution in [3.05, 3.63) is 29.8 Å². The Balaban J connectivity index is 1.91. The maximum atomic E-state index is 13.1. The number of amides is 3. The standard InChI is InChI=1S/C19H27N3O4S/c1-4-14-7-9-15(10-8-14)22-17-13-27(25,26)12-16(17)21(19(22)24)11-18(23)20(5-2)6-3/h7-10,16-17H,4-6,11-13H2,1-3H3. The highest BCUT2D eigenvalue weighted by Gasteiger charge is 2.54. The van der Waals surface area contributed by atoms with Crippen LogP contribution in [0.15, 0.2) is 24.3 Å². The van der Waals surface area contributed by atoms with E-state index < -0.39 is 21.9 Å². The molecule has 3 rings (SSSR count). The first-order chi connectivity index (χ1) is 12.8. The normalized spacial score (nSPS) is 23.6. The lowest BCUT2D eigenvalue weighted by atomic mass is 10.1. The zero-order valence-electron chi connectivity index (χ0n) is 16.1. The number of carbonyl (C=O) groups excluding carboxylic acids is 2. The molecule has 2 atom stereocenters. The Hall–Kier alpha value is -2.09. The molecular formula is C19H27N3O4S. The van der Waals surface area contributed by atoms with Gasteiger partial charge in [-0.15, -0.1) is 0 Å². The number of aryl methyl sites for hydroxylation is 1. The first-order valence-corrected chi connectivity index (χ1v) is 11.3. The van der Waals surface area contributed by atoms with E-state index in [4.69, 9.17) is 0 Å². The van der Waals surface area contributed by atoms with Gasteiger partial charge in [-0.1, -0.05) is 19.1 Å². The van der Waals surface area contributed by atoms with Gasteiger partial charge >= 0.3 is 6.03 Å². The van der Waals surface area contributed by atoms with Crippen LogP contribution in [0.5, 0.6) is 0 Å². The molecule has 7 nitrogen and oxygen atoms in total. The molecule has 3 amide bonds. The molecule has 2 aliphatic heterocycles. The maximum absolute atomic E-state index is 13.1. The summed E-state index contributed by atoms with van der Waals surface area (Å²) in [6, 6.07) is 6.40. The first-order valence-electron chi connectivity index (χ1n) is 9.48. The highest BCUT2D eigenvalue weighted by molar-refractivity contribution is 7.91. The number of hydrogen-bond acceptors (Lipinski definition) is 4. The molecule has 0 N–H and O–H groups in total. The van der Waals surface area contributed by atoms with Crippen LogP contribution in [0, 0.1) is 0 Å². The molecule has 1 aromatic carbocycles. The minimum atomic E-state index is -3.24. The Morgan fingerprint density at radius 3 is 2.22 bits per heavy atom. The van der Waals surface area contributed by atoms with Crippen LogP contribution >= 0.6 is 0 Å². The van der Waals surface area contributed by atoms with E-state index in [2.05, 4.69) is 6.92 Å². The van der Waals surface area contributed by atoms with Crippen LogP contribution in [0.4, 0.5) is 10.5 Å². The molecule has 1 aromatic rings. The molecule has 2 unspecified atom stereocenters. The molecule has 0 saturated carbocycles. The van der Waals surface area contributed by atoms with Gasteiger partial charge in [-0.3, -0.25) is 9.69 Å². The van der Waals surface area contributed by atoms with Gasteiger partial charge in [0.2, 0.25) is 5.91 Å². The second-order valence-electron chi connectivity index (χ2n) is 7.08. The van der Waals surface area contributed by atoms with Gasteiger partial charge in [0.05, 0.1) is 23.6 Å². The monoisotopic (exact) mass is 393 g/mol. The van der Waals surface area contributed by atoms with Crippen LogP contribution in [0.25, 0.3) is 0 Å². The van der Waals surface area contributed by atoms with Crippen molar-refractivity contribution in [2.24, 2.45) is 0 Å². The molecule has 8 heteroatoms. The Morgan fingerprint density at radius 1 is 1.07 bits per heavy atom. The van der Waals surface area contributed by atoms with E-state index >= 15 is 0 Å². The van der Waals surface area contributed by atoms with E-state index in [-0.39, 0.29) is 30.0 Å². The van der Waals surface area contributed by atoms with Crippen molar-refractivity contribution in [1.29, 1.82) is 0 Å². The van der Waals surface area contributed by atoms with E-state index in [0.717, 1.165) is 12.0 Å². The van der Waals surface area contributed by atoms with Gasteiger partial charge < -0.3 is 9.80 Å². The fourth-order valence-electron chi connectivity index (χ4n) is 3.98. The number of hydrogen-bond donors (Lipinski definition) is 0. The molecule has 27 heavy (non-hydrogen) atoms. The summed E-state index contributed by atoms with van der Waals surface area (Å²) in [4.78, 5) is 30.3. The number of sulfone groups is 1. The number of anilines is 1. The van der Waals surface area contributed by atoms with Gasteiger partial charge in [0.1, 0.15) is 6.54 Å². The predicted octanol–water partition coefficient (Wildman–Crippen LogP) is 1.53. The van der Waals surface area contributed by atoms with Crippen molar-refractivity contribution in [3.63, 3.8) is 0 Å². The molecule has 2 aliphatic rings. The summed E-state index contributed by atoms with van der Waals surface area (Å²) in [5.74, 6) is -0.299. The number of carbonyl (C=O) groups is 2. The molecular weight excluding hydrogens is 366 g/mol. The van der Waals surface area contributed by atoms with Crippen molar-refractivity contribution in [2.75, 3.05) is 36.0 Å². The van der Waals surface area contributed by atoms with Crippen molar-refractivity contribution < 1.29 is 18.0 Å². The van der Waals surface area contributed by atoms with E-state index in [1.807, 2.05) is 38.1 Å². The van der Waals surface area contributed by atoms with Gasteiger partial charge in [-0.2, -0.15) is 0 Å². The number of likely N-dealkylation sites (N-methyl/N-ethyl adjacent to an activating group) is 1. The molecule has 0 radical (unpaired) electrons. The van der Waals surface area contributed by atoms with Gasteiger partial charge in [0, 0.05) is 18.8 Å². The molecule has 0 aromatic heterocycles. The van der Waals surface area contributed by atoms with Crippen LogP contribution in [-0.4, -0.2) is 73.4 Å². The van der Waals surface area contributed by atoms with Crippen LogP contribution in [-0.2, 0) is 21.1 Å². The minimum absolute atomic E-state index is 0.0606. The minimum Gasteiger partial charge on any atom is -0.342 e. The number of rotatable bonds is 6. The van der Waals surface area contributed by atoms with Gasteiger partial charge in [0.25, 0.3) is 0 Å². The topological polar surface area (TPSA) is 78.0 Å². The van der Waals surface area contributed by atoms with E-state index in [1.54, 1.807) is 9.80 Å². The zero-order chi connectivity index (χ0) is 19.8. The molecule has 148 valence electrons. The summed E-state index contributed by atoms with van der Waals surface area (Å²) in [5, 5.41) is 0. The van der Waals surface area contributed by atoms with Crippen molar-refractivity contribution >= 4 is 27.5 Å². The average Bonchev–Trinajstić information content (AvgIpc) is 3.07. The molecule has 2 fully saturated rings. The summed E-state index contributed by atoms with van der Waals surface area (Å²) in [6.45, 7) is 6.87. The summed E-state index contributed by atoms with van der Waals surface area (Å²) >= 11 is 0. The van der Waals surface area contributed by atoms with Crippen LogP contribution in [0.1, 0.15) is 26.3 Å². The number of fused-ring (bicyclic) bond motifs is 1. The van der Waals surface area contributed by atoms with E-state index in [1.165, 1.54) is 4.90 Å². The molecule has 0 spiro atoms. The lowest BCUT2D eigenvalue weighted by Crippen LogP contribution is -2.45. The third-order valence-electron chi connectivity index (χ3n) is 5.52. The van der Waals surface area contributed by atoms with Crippen LogP contribution in [0.2, 0.25) is 0 Å². The summed E-state index contributed by atoms with van der Waals surface area (Å²) in [5.41, 5.74) is 1.83. The summed E-state index contributed by atoms with van der Waals surface area (Å²) in [6.07, 6.45) is 0.888. The number of benzene rings is 1. The molecule has 2 heterocycles. The molecule has 2 saturated heterocycles. The third-order valence-corrected chi connectivity index (χ3v) is 7.22. The second-order valence-corrected chi connectivity index (χ2v) is 9.23. The Bertz CT molecular complexity index is 818.